The third-order valence-corrected chi connectivity index (χ3v) is 4.60. The number of benzene rings is 1. The van der Waals surface area contributed by atoms with Crippen LogP contribution in [0.2, 0.25) is 0 Å². The molecule has 1 saturated carbocycles. The summed E-state index contributed by atoms with van der Waals surface area (Å²) in [6, 6.07) is 2.85. The molecule has 0 atom stereocenters. The molecule has 1 fully saturated rings. The van der Waals surface area contributed by atoms with Crippen LogP contribution in [-0.4, -0.2) is 26.4 Å². The fourth-order valence-electron chi connectivity index (χ4n) is 2.86. The Labute approximate surface area is 160 Å². The minimum absolute atomic E-state index is 0.0768. The van der Waals surface area contributed by atoms with E-state index >= 15 is 0 Å². The average Bonchev–Trinajstić information content (AvgIpc) is 2.55. The first-order chi connectivity index (χ1) is 12.8. The van der Waals surface area contributed by atoms with Crippen LogP contribution in [0.25, 0.3) is 10.8 Å². The standard InChI is InChI=1S/C14H14F3N3O2.C5H10O/c1-7(2)12-10-5-8(14(15,16)17)3-4-9(10)13(22)20(19-12)6-11(18)21;1-5(6)3-2-4-5/h3-5,7H,6H2,1-2H3,(H2,18,21);6H,2-4H2,1H3. The highest BCUT2D eigenvalue weighted by Gasteiger charge is 2.31. The van der Waals surface area contributed by atoms with Crippen molar-refractivity contribution in [1.82, 2.24) is 9.78 Å². The molecule has 2 aromatic rings. The maximum atomic E-state index is 12.8. The van der Waals surface area contributed by atoms with Crippen molar-refractivity contribution in [2.75, 3.05) is 0 Å². The minimum Gasteiger partial charge on any atom is -0.390 e. The van der Waals surface area contributed by atoms with E-state index in [0.29, 0.717) is 5.69 Å². The lowest BCUT2D eigenvalue weighted by atomic mass is 9.82. The van der Waals surface area contributed by atoms with Gasteiger partial charge < -0.3 is 10.8 Å². The molecule has 1 aromatic carbocycles. The lowest BCUT2D eigenvalue weighted by Crippen LogP contribution is -2.32. The summed E-state index contributed by atoms with van der Waals surface area (Å²) in [4.78, 5) is 23.2. The van der Waals surface area contributed by atoms with Crippen molar-refractivity contribution in [2.24, 2.45) is 5.73 Å². The van der Waals surface area contributed by atoms with Gasteiger partial charge in [0.15, 0.2) is 0 Å². The second kappa shape index (κ2) is 7.90. The Bertz CT molecular complexity index is 928. The van der Waals surface area contributed by atoms with Crippen molar-refractivity contribution in [3.63, 3.8) is 0 Å². The summed E-state index contributed by atoms with van der Waals surface area (Å²) in [5.74, 6) is -0.985. The van der Waals surface area contributed by atoms with Gasteiger partial charge in [0.2, 0.25) is 5.91 Å². The van der Waals surface area contributed by atoms with Crippen LogP contribution in [0.15, 0.2) is 23.0 Å². The molecule has 0 aliphatic heterocycles. The topological polar surface area (TPSA) is 98.2 Å². The highest BCUT2D eigenvalue weighted by Crippen LogP contribution is 2.32. The SMILES string of the molecule is CC(C)c1nn(CC(N)=O)c(=O)c2ccc(C(F)(F)F)cc12.CC1(O)CCC1. The number of rotatable bonds is 3. The normalized spacial score (nSPS) is 15.7. The van der Waals surface area contributed by atoms with Crippen LogP contribution in [0.1, 0.15) is 57.2 Å². The number of carbonyl (C=O) groups is 1. The molecule has 9 heteroatoms. The molecule has 3 rings (SSSR count). The Morgan fingerprint density at radius 2 is 1.89 bits per heavy atom. The van der Waals surface area contributed by atoms with Gasteiger partial charge in [-0.2, -0.15) is 18.3 Å². The second-order valence-electron chi connectivity index (χ2n) is 7.58. The van der Waals surface area contributed by atoms with Crippen LogP contribution in [-0.2, 0) is 17.5 Å². The summed E-state index contributed by atoms with van der Waals surface area (Å²) < 4.78 is 39.4. The van der Waals surface area contributed by atoms with Crippen LogP contribution in [0.3, 0.4) is 0 Å². The number of fused-ring (bicyclic) bond motifs is 1. The first-order valence-electron chi connectivity index (χ1n) is 8.94. The number of carbonyl (C=O) groups excluding carboxylic acids is 1. The van der Waals surface area contributed by atoms with E-state index in [1.807, 2.05) is 6.92 Å². The van der Waals surface area contributed by atoms with Gasteiger partial charge >= 0.3 is 6.18 Å². The molecule has 0 saturated heterocycles. The third-order valence-electron chi connectivity index (χ3n) is 4.60. The molecule has 1 amide bonds. The lowest BCUT2D eigenvalue weighted by Gasteiger charge is -2.31. The number of primary amides is 1. The molecule has 1 heterocycles. The van der Waals surface area contributed by atoms with E-state index in [0.717, 1.165) is 35.7 Å². The summed E-state index contributed by atoms with van der Waals surface area (Å²) in [6.07, 6.45) is -1.28. The van der Waals surface area contributed by atoms with Crippen LogP contribution < -0.4 is 11.3 Å². The van der Waals surface area contributed by atoms with E-state index in [4.69, 9.17) is 10.8 Å². The van der Waals surface area contributed by atoms with Gasteiger partial charge in [0, 0.05) is 5.39 Å². The smallest absolute Gasteiger partial charge is 0.390 e. The molecule has 28 heavy (non-hydrogen) atoms. The van der Waals surface area contributed by atoms with E-state index in [2.05, 4.69) is 5.10 Å². The second-order valence-corrected chi connectivity index (χ2v) is 7.58. The van der Waals surface area contributed by atoms with Crippen LogP contribution >= 0.6 is 0 Å². The predicted octanol–water partition coefficient (Wildman–Crippen LogP) is 2.95. The first-order valence-corrected chi connectivity index (χ1v) is 8.94. The molecule has 1 aromatic heterocycles. The summed E-state index contributed by atoms with van der Waals surface area (Å²) in [5, 5.41) is 13.1. The van der Waals surface area contributed by atoms with E-state index in [1.165, 1.54) is 6.42 Å². The molecule has 3 N–H and O–H groups in total. The molecule has 1 aliphatic carbocycles. The monoisotopic (exact) mass is 399 g/mol. The van der Waals surface area contributed by atoms with Gasteiger partial charge in [-0.15, -0.1) is 0 Å². The zero-order chi connectivity index (χ0) is 21.3. The summed E-state index contributed by atoms with van der Waals surface area (Å²) in [7, 11) is 0. The maximum Gasteiger partial charge on any atom is 0.416 e. The number of nitrogens with two attached hydrogens (primary N) is 1. The van der Waals surface area contributed by atoms with Gasteiger partial charge in [-0.25, -0.2) is 4.68 Å². The summed E-state index contributed by atoms with van der Waals surface area (Å²) in [5.41, 5.74) is 3.59. The molecule has 0 spiro atoms. The van der Waals surface area contributed by atoms with Gasteiger partial charge in [0.1, 0.15) is 6.54 Å². The van der Waals surface area contributed by atoms with E-state index in [-0.39, 0.29) is 22.3 Å². The zero-order valence-electron chi connectivity index (χ0n) is 16.0. The number of amides is 1. The van der Waals surface area contributed by atoms with Crippen molar-refractivity contribution in [3.05, 3.63) is 39.8 Å². The van der Waals surface area contributed by atoms with Crippen LogP contribution in [0, 0.1) is 0 Å². The van der Waals surface area contributed by atoms with Crippen molar-refractivity contribution >= 4 is 16.7 Å². The predicted molar refractivity (Wildman–Crippen MR) is 98.8 cm³/mol. The quantitative estimate of drug-likeness (QED) is 0.829. The molecule has 0 bridgehead atoms. The molecule has 6 nitrogen and oxygen atoms in total. The largest absolute Gasteiger partial charge is 0.416 e. The van der Waals surface area contributed by atoms with Gasteiger partial charge in [0.25, 0.3) is 5.56 Å². The fourth-order valence-corrected chi connectivity index (χ4v) is 2.86. The van der Waals surface area contributed by atoms with Crippen molar-refractivity contribution in [1.29, 1.82) is 0 Å². The molecule has 154 valence electrons. The molecule has 0 unspecified atom stereocenters. The number of aromatic nitrogens is 2. The summed E-state index contributed by atoms with van der Waals surface area (Å²) >= 11 is 0. The summed E-state index contributed by atoms with van der Waals surface area (Å²) in [6.45, 7) is 4.94. The van der Waals surface area contributed by atoms with Crippen molar-refractivity contribution in [2.45, 2.75) is 64.3 Å². The highest BCUT2D eigenvalue weighted by atomic mass is 19.4. The number of halogens is 3. The van der Waals surface area contributed by atoms with E-state index < -0.39 is 29.8 Å². The Morgan fingerprint density at radius 1 is 1.32 bits per heavy atom. The lowest BCUT2D eigenvalue weighted by molar-refractivity contribution is -0.137. The zero-order valence-corrected chi connectivity index (χ0v) is 16.0. The third kappa shape index (κ3) is 5.09. The minimum atomic E-state index is -4.51. The number of nitrogens with zero attached hydrogens (tertiary/aromatic N) is 2. The van der Waals surface area contributed by atoms with Gasteiger partial charge in [0.05, 0.1) is 22.2 Å². The Hall–Kier alpha value is -2.42. The van der Waals surface area contributed by atoms with Crippen LogP contribution in [0.5, 0.6) is 0 Å². The molecular formula is C19H24F3N3O3. The Morgan fingerprint density at radius 3 is 2.29 bits per heavy atom. The van der Waals surface area contributed by atoms with Gasteiger partial charge in [-0.05, 0) is 50.3 Å². The number of aliphatic hydroxyl groups is 1. The van der Waals surface area contributed by atoms with Crippen molar-refractivity contribution < 1.29 is 23.1 Å². The van der Waals surface area contributed by atoms with E-state index in [1.54, 1.807) is 13.8 Å². The number of alkyl halides is 3. The van der Waals surface area contributed by atoms with Gasteiger partial charge in [-0.3, -0.25) is 9.59 Å². The molecule has 0 radical (unpaired) electrons. The average molecular weight is 399 g/mol. The van der Waals surface area contributed by atoms with Crippen LogP contribution in [0.4, 0.5) is 13.2 Å². The molecular weight excluding hydrogens is 375 g/mol. The van der Waals surface area contributed by atoms with E-state index in [9.17, 15) is 22.8 Å². The Balaban J connectivity index is 0.000000397. The highest BCUT2D eigenvalue weighted by molar-refractivity contribution is 5.85. The van der Waals surface area contributed by atoms with Gasteiger partial charge in [-0.1, -0.05) is 13.8 Å². The number of hydrogen-bond donors (Lipinski definition) is 2. The fraction of sp³-hybridized carbons (Fsp3) is 0.526. The Kier molecular flexibility index (Phi) is 6.18. The number of hydrogen-bond acceptors (Lipinski definition) is 4. The molecule has 1 aliphatic rings. The van der Waals surface area contributed by atoms with Crippen molar-refractivity contribution in [3.8, 4) is 0 Å². The maximum absolute atomic E-state index is 12.8. The first kappa shape index (κ1) is 21.9.